The number of fused-ring (bicyclic) bond motifs is 2. The Balaban J connectivity index is 1.85. The van der Waals surface area contributed by atoms with Crippen LogP contribution in [0.25, 0.3) is 0 Å². The summed E-state index contributed by atoms with van der Waals surface area (Å²) in [4.78, 5) is 12.7. The highest BCUT2D eigenvalue weighted by molar-refractivity contribution is 8.00. The Morgan fingerprint density at radius 3 is 2.74 bits per heavy atom. The fourth-order valence-electron chi connectivity index (χ4n) is 3.69. The first-order valence-electron chi connectivity index (χ1n) is 6.75. The summed E-state index contributed by atoms with van der Waals surface area (Å²) in [5, 5.41) is 11.8. The van der Waals surface area contributed by atoms with E-state index in [0.717, 1.165) is 35.0 Å². The van der Waals surface area contributed by atoms with E-state index in [-0.39, 0.29) is 10.8 Å². The predicted octanol–water partition coefficient (Wildman–Crippen LogP) is 2.64. The molecule has 0 bridgehead atoms. The van der Waals surface area contributed by atoms with Crippen LogP contribution >= 0.6 is 11.8 Å². The van der Waals surface area contributed by atoms with Gasteiger partial charge in [-0.2, -0.15) is 16.9 Å². The second-order valence-electron chi connectivity index (χ2n) is 6.72. The highest BCUT2D eigenvalue weighted by Crippen LogP contribution is 2.57. The van der Waals surface area contributed by atoms with Crippen molar-refractivity contribution in [3.63, 3.8) is 0 Å². The molecule has 3 heterocycles. The molecule has 1 aliphatic carbocycles. The molecule has 4 nitrogen and oxygen atoms in total. The molecule has 0 aromatic carbocycles. The number of Topliss-reactive ketones (excluding diaryl/α,β-unsaturated/α-hetero) is 1. The molecule has 1 fully saturated rings. The molecule has 1 spiro atoms. The summed E-state index contributed by atoms with van der Waals surface area (Å²) < 4.78 is 0. The molecule has 19 heavy (non-hydrogen) atoms. The van der Waals surface area contributed by atoms with Gasteiger partial charge in [-0.3, -0.25) is 4.79 Å². The van der Waals surface area contributed by atoms with E-state index in [9.17, 15) is 4.79 Å². The van der Waals surface area contributed by atoms with Gasteiger partial charge in [0.25, 0.3) is 0 Å². The van der Waals surface area contributed by atoms with Crippen LogP contribution in [0.5, 0.6) is 0 Å². The molecule has 0 aromatic heterocycles. The van der Waals surface area contributed by atoms with E-state index in [1.54, 1.807) is 0 Å². The lowest BCUT2D eigenvalue weighted by Gasteiger charge is -2.49. The van der Waals surface area contributed by atoms with E-state index in [1.807, 2.05) is 11.8 Å². The van der Waals surface area contributed by atoms with Crippen molar-refractivity contribution in [2.45, 2.75) is 26.7 Å². The van der Waals surface area contributed by atoms with Gasteiger partial charge in [0.2, 0.25) is 0 Å². The number of allylic oxidation sites excluding steroid dienone is 2. The Morgan fingerprint density at radius 1 is 1.26 bits per heavy atom. The first kappa shape index (κ1) is 11.7. The summed E-state index contributed by atoms with van der Waals surface area (Å²) in [6.45, 7) is 4.99. The number of thioether (sulfide) groups is 1. The molecule has 0 saturated carbocycles. The molecule has 4 rings (SSSR count). The Labute approximate surface area is 116 Å². The van der Waals surface area contributed by atoms with Crippen LogP contribution in [0, 0.1) is 10.8 Å². The van der Waals surface area contributed by atoms with Gasteiger partial charge in [-0.05, 0) is 11.8 Å². The van der Waals surface area contributed by atoms with Crippen molar-refractivity contribution in [1.82, 2.24) is 5.32 Å². The topological polar surface area (TPSA) is 53.8 Å². The molecule has 4 aliphatic rings. The van der Waals surface area contributed by atoms with Gasteiger partial charge >= 0.3 is 0 Å². The number of dihydropyridines is 1. The van der Waals surface area contributed by atoms with Crippen LogP contribution in [0.2, 0.25) is 0 Å². The van der Waals surface area contributed by atoms with E-state index < -0.39 is 0 Å². The first-order valence-corrected chi connectivity index (χ1v) is 7.90. The van der Waals surface area contributed by atoms with E-state index >= 15 is 0 Å². The largest absolute Gasteiger partial charge is 0.342 e. The Hall–Kier alpha value is -1.10. The minimum atomic E-state index is -0.0440. The van der Waals surface area contributed by atoms with Crippen molar-refractivity contribution in [2.75, 3.05) is 18.1 Å². The smallest absolute Gasteiger partial charge is 0.162 e. The van der Waals surface area contributed by atoms with Crippen LogP contribution in [0.3, 0.4) is 0 Å². The van der Waals surface area contributed by atoms with E-state index in [2.05, 4.69) is 29.4 Å². The molecule has 0 aromatic rings. The normalized spacial score (nSPS) is 30.1. The van der Waals surface area contributed by atoms with E-state index in [0.29, 0.717) is 18.7 Å². The molecule has 100 valence electrons. The van der Waals surface area contributed by atoms with Crippen LogP contribution in [0.1, 0.15) is 26.7 Å². The second-order valence-corrected chi connectivity index (χ2v) is 7.71. The maximum absolute atomic E-state index is 12.7. The number of carbonyl (C=O) groups is 1. The van der Waals surface area contributed by atoms with Crippen molar-refractivity contribution in [3.05, 3.63) is 22.7 Å². The lowest BCUT2D eigenvalue weighted by molar-refractivity contribution is -0.119. The number of hydrogen-bond acceptors (Lipinski definition) is 5. The average molecular weight is 275 g/mol. The highest BCUT2D eigenvalue weighted by atomic mass is 32.2. The molecule has 3 aliphatic heterocycles. The van der Waals surface area contributed by atoms with Crippen molar-refractivity contribution < 1.29 is 4.79 Å². The maximum atomic E-state index is 12.7. The monoisotopic (exact) mass is 275 g/mol. The Kier molecular flexibility index (Phi) is 2.16. The molecular weight excluding hydrogens is 258 g/mol. The predicted molar refractivity (Wildman–Crippen MR) is 74.7 cm³/mol. The van der Waals surface area contributed by atoms with Crippen LogP contribution in [-0.4, -0.2) is 23.8 Å². The number of nitrogens with one attached hydrogen (secondary N) is 1. The minimum absolute atomic E-state index is 0.0440. The Morgan fingerprint density at radius 2 is 2.05 bits per heavy atom. The number of azo groups is 1. The lowest BCUT2D eigenvalue weighted by atomic mass is 9.64. The van der Waals surface area contributed by atoms with Crippen molar-refractivity contribution in [2.24, 2.45) is 21.1 Å². The minimum Gasteiger partial charge on any atom is -0.342 e. The zero-order chi connectivity index (χ0) is 13.3. The van der Waals surface area contributed by atoms with Gasteiger partial charge < -0.3 is 5.32 Å². The van der Waals surface area contributed by atoms with Gasteiger partial charge in [0.1, 0.15) is 0 Å². The zero-order valence-corrected chi connectivity index (χ0v) is 12.1. The summed E-state index contributed by atoms with van der Waals surface area (Å²) in [7, 11) is 0. The molecule has 0 atom stereocenters. The number of ketones is 1. The fraction of sp³-hybridized carbons (Fsp3) is 0.643. The molecule has 0 amide bonds. The molecule has 0 unspecified atom stereocenters. The number of nitrogens with zero attached hydrogens (tertiary/aromatic N) is 2. The summed E-state index contributed by atoms with van der Waals surface area (Å²) in [5.74, 6) is 3.29. The standard InChI is InChI=1S/C14H17N3OS/c1-13(2)3-9-11(10(18)4-13)14(6-19-7-14)8-5-15-17-12(8)16-9/h16H,3-7H2,1-2H3. The number of rotatable bonds is 0. The summed E-state index contributed by atoms with van der Waals surface area (Å²) in [6.07, 6.45) is 1.60. The van der Waals surface area contributed by atoms with Gasteiger partial charge in [0.15, 0.2) is 11.6 Å². The zero-order valence-electron chi connectivity index (χ0n) is 11.2. The van der Waals surface area contributed by atoms with Gasteiger partial charge in [0, 0.05) is 40.2 Å². The molecule has 1 saturated heterocycles. The van der Waals surface area contributed by atoms with Crippen molar-refractivity contribution in [3.8, 4) is 0 Å². The molecular formula is C14H17N3OS. The number of carbonyl (C=O) groups excluding carboxylic acids is 1. The summed E-state index contributed by atoms with van der Waals surface area (Å²) >= 11 is 1.92. The van der Waals surface area contributed by atoms with Crippen LogP contribution < -0.4 is 5.32 Å². The SMILES string of the molecule is CC1(C)CC(=O)C2=C(C1)NC1=C(CN=N1)C21CSC1. The van der Waals surface area contributed by atoms with E-state index in [4.69, 9.17) is 0 Å². The number of hydrogen-bond donors (Lipinski definition) is 1. The van der Waals surface area contributed by atoms with Gasteiger partial charge in [-0.1, -0.05) is 13.8 Å². The summed E-state index contributed by atoms with van der Waals surface area (Å²) in [6, 6.07) is 0. The van der Waals surface area contributed by atoms with Crippen LogP contribution in [0.4, 0.5) is 0 Å². The fourth-order valence-corrected chi connectivity index (χ4v) is 4.94. The third-order valence-electron chi connectivity index (χ3n) is 4.58. The van der Waals surface area contributed by atoms with Crippen LogP contribution in [0.15, 0.2) is 32.9 Å². The van der Waals surface area contributed by atoms with E-state index in [1.165, 1.54) is 5.57 Å². The molecule has 5 heteroatoms. The molecule has 1 N–H and O–H groups in total. The summed E-state index contributed by atoms with van der Waals surface area (Å²) in [5.41, 5.74) is 3.42. The first-order chi connectivity index (χ1) is 9.02. The van der Waals surface area contributed by atoms with Crippen molar-refractivity contribution >= 4 is 17.5 Å². The van der Waals surface area contributed by atoms with Crippen LogP contribution in [-0.2, 0) is 4.79 Å². The lowest BCUT2D eigenvalue weighted by Crippen LogP contribution is -2.50. The third-order valence-corrected chi connectivity index (χ3v) is 5.98. The maximum Gasteiger partial charge on any atom is 0.162 e. The third kappa shape index (κ3) is 1.45. The molecule has 0 radical (unpaired) electrons. The average Bonchev–Trinajstić information content (AvgIpc) is 2.69. The Bertz CT molecular complexity index is 581. The quantitative estimate of drug-likeness (QED) is 0.739. The van der Waals surface area contributed by atoms with Gasteiger partial charge in [0.05, 0.1) is 6.54 Å². The van der Waals surface area contributed by atoms with Gasteiger partial charge in [-0.15, -0.1) is 5.11 Å². The van der Waals surface area contributed by atoms with Crippen molar-refractivity contribution in [1.29, 1.82) is 0 Å². The highest BCUT2D eigenvalue weighted by Gasteiger charge is 2.54. The second kappa shape index (κ2) is 3.51. The van der Waals surface area contributed by atoms with Gasteiger partial charge in [-0.25, -0.2) is 0 Å².